The van der Waals surface area contributed by atoms with Crippen LogP contribution in [-0.4, -0.2) is 87.5 Å². The molecule has 184 valence electrons. The lowest BCUT2D eigenvalue weighted by Gasteiger charge is -2.40. The van der Waals surface area contributed by atoms with E-state index in [0.717, 1.165) is 32.1 Å². The summed E-state index contributed by atoms with van der Waals surface area (Å²) in [6, 6.07) is -0.702. The van der Waals surface area contributed by atoms with Crippen LogP contribution in [0.2, 0.25) is 0 Å². The lowest BCUT2D eigenvalue weighted by molar-refractivity contribution is -0.302. The molecule has 9 nitrogen and oxygen atoms in total. The molecule has 1 heterocycles. The second-order valence-corrected chi connectivity index (χ2v) is 8.43. The van der Waals surface area contributed by atoms with E-state index in [9.17, 15) is 30.3 Å². The van der Waals surface area contributed by atoms with Crippen LogP contribution in [-0.2, 0) is 14.3 Å². The molecule has 1 rings (SSSR count). The zero-order valence-electron chi connectivity index (χ0n) is 19.0. The molecule has 0 spiro atoms. The van der Waals surface area contributed by atoms with Gasteiger partial charge in [0.2, 0.25) is 5.91 Å². The molecule has 1 aliphatic heterocycles. The standard InChI is InChI=1S/C22H43NO8/c1-3-5-7-8-9-10-11-16(25)15(23-18(26)12-6-4-2)14-30-22-21(29)20(28)19(27)17(13-24)31-22/h15-17,19-22,24-25,27-29H,3-14H2,1-2H3,(H,23,26). The smallest absolute Gasteiger partial charge is 0.220 e. The first-order chi connectivity index (χ1) is 14.8. The van der Waals surface area contributed by atoms with Gasteiger partial charge in [0.25, 0.3) is 0 Å². The summed E-state index contributed by atoms with van der Waals surface area (Å²) in [6.45, 7) is 3.45. The molecule has 0 aromatic rings. The Morgan fingerprint density at radius 3 is 2.26 bits per heavy atom. The van der Waals surface area contributed by atoms with Crippen LogP contribution in [0.15, 0.2) is 0 Å². The maximum absolute atomic E-state index is 12.2. The lowest BCUT2D eigenvalue weighted by atomic mass is 9.99. The first kappa shape index (κ1) is 28.2. The number of amides is 1. The number of aliphatic hydroxyl groups is 5. The van der Waals surface area contributed by atoms with Crippen molar-refractivity contribution in [3.8, 4) is 0 Å². The van der Waals surface area contributed by atoms with Crippen LogP contribution in [0.5, 0.6) is 0 Å². The van der Waals surface area contributed by atoms with Gasteiger partial charge < -0.3 is 40.3 Å². The van der Waals surface area contributed by atoms with Crippen molar-refractivity contribution in [3.63, 3.8) is 0 Å². The number of carbonyl (C=O) groups excluding carboxylic acids is 1. The minimum Gasteiger partial charge on any atom is -0.394 e. The highest BCUT2D eigenvalue weighted by atomic mass is 16.7. The Kier molecular flexibility index (Phi) is 14.5. The number of hydrogen-bond acceptors (Lipinski definition) is 8. The Morgan fingerprint density at radius 2 is 1.61 bits per heavy atom. The van der Waals surface area contributed by atoms with Crippen molar-refractivity contribution in [1.82, 2.24) is 5.32 Å². The van der Waals surface area contributed by atoms with Gasteiger partial charge in [-0.15, -0.1) is 0 Å². The number of ether oxygens (including phenoxy) is 2. The van der Waals surface area contributed by atoms with Gasteiger partial charge in [-0.25, -0.2) is 0 Å². The van der Waals surface area contributed by atoms with Crippen molar-refractivity contribution >= 4 is 5.91 Å². The van der Waals surface area contributed by atoms with Crippen LogP contribution in [0.3, 0.4) is 0 Å². The topological polar surface area (TPSA) is 149 Å². The molecule has 31 heavy (non-hydrogen) atoms. The number of hydrogen-bond donors (Lipinski definition) is 6. The number of carbonyl (C=O) groups is 1. The predicted molar refractivity (Wildman–Crippen MR) is 115 cm³/mol. The van der Waals surface area contributed by atoms with Crippen molar-refractivity contribution in [2.45, 2.75) is 121 Å². The van der Waals surface area contributed by atoms with E-state index < -0.39 is 49.5 Å². The SMILES string of the molecule is CCCCCCCCC(O)C(COC1OC(CO)C(O)C(O)C1O)NC(=O)CCCC. The van der Waals surface area contributed by atoms with Crippen LogP contribution in [0.4, 0.5) is 0 Å². The van der Waals surface area contributed by atoms with Crippen LogP contribution >= 0.6 is 0 Å². The molecule has 0 aromatic heterocycles. The van der Waals surface area contributed by atoms with E-state index in [4.69, 9.17) is 9.47 Å². The summed E-state index contributed by atoms with van der Waals surface area (Å²) in [6.07, 6.45) is 1.19. The third kappa shape index (κ3) is 10.1. The molecule has 7 unspecified atom stereocenters. The molecule has 6 N–H and O–H groups in total. The number of nitrogens with one attached hydrogen (secondary N) is 1. The average Bonchev–Trinajstić information content (AvgIpc) is 2.76. The van der Waals surface area contributed by atoms with Crippen molar-refractivity contribution in [2.75, 3.05) is 13.2 Å². The van der Waals surface area contributed by atoms with Gasteiger partial charge in [-0.2, -0.15) is 0 Å². The number of aliphatic hydroxyl groups excluding tert-OH is 5. The molecular weight excluding hydrogens is 406 g/mol. The van der Waals surface area contributed by atoms with Crippen molar-refractivity contribution < 1.29 is 39.8 Å². The monoisotopic (exact) mass is 449 g/mol. The first-order valence-corrected chi connectivity index (χ1v) is 11.7. The molecule has 0 aromatic carbocycles. The molecule has 0 bridgehead atoms. The highest BCUT2D eigenvalue weighted by Crippen LogP contribution is 2.22. The first-order valence-electron chi connectivity index (χ1n) is 11.7. The van der Waals surface area contributed by atoms with Gasteiger partial charge in [0.15, 0.2) is 6.29 Å². The summed E-state index contributed by atoms with van der Waals surface area (Å²) in [7, 11) is 0. The third-order valence-corrected chi connectivity index (χ3v) is 5.71. The van der Waals surface area contributed by atoms with Crippen LogP contribution in [0.1, 0.15) is 78.1 Å². The number of unbranched alkanes of at least 4 members (excludes halogenated alkanes) is 6. The Labute approximate surface area is 185 Å². The summed E-state index contributed by atoms with van der Waals surface area (Å²) in [5, 5.41) is 52.6. The molecule has 0 saturated carbocycles. The van der Waals surface area contributed by atoms with Gasteiger partial charge in [-0.05, 0) is 12.8 Å². The minimum absolute atomic E-state index is 0.141. The summed E-state index contributed by atoms with van der Waals surface area (Å²) in [4.78, 5) is 12.2. The molecule has 1 saturated heterocycles. The minimum atomic E-state index is -1.54. The fourth-order valence-corrected chi connectivity index (χ4v) is 3.60. The van der Waals surface area contributed by atoms with Gasteiger partial charge in [-0.1, -0.05) is 58.8 Å². The Bertz CT molecular complexity index is 478. The molecule has 0 radical (unpaired) electrons. The fraction of sp³-hybridized carbons (Fsp3) is 0.955. The average molecular weight is 450 g/mol. The number of rotatable bonds is 16. The van der Waals surface area contributed by atoms with Crippen molar-refractivity contribution in [2.24, 2.45) is 0 Å². The van der Waals surface area contributed by atoms with E-state index in [1.54, 1.807) is 0 Å². The fourth-order valence-electron chi connectivity index (χ4n) is 3.60. The van der Waals surface area contributed by atoms with Gasteiger partial charge in [0.05, 0.1) is 25.4 Å². The van der Waals surface area contributed by atoms with Crippen molar-refractivity contribution in [3.05, 3.63) is 0 Å². The van der Waals surface area contributed by atoms with E-state index in [1.165, 1.54) is 19.3 Å². The zero-order chi connectivity index (χ0) is 23.2. The molecule has 0 aliphatic carbocycles. The quantitative estimate of drug-likeness (QED) is 0.188. The van der Waals surface area contributed by atoms with E-state index in [2.05, 4.69) is 12.2 Å². The van der Waals surface area contributed by atoms with Crippen LogP contribution in [0, 0.1) is 0 Å². The second kappa shape index (κ2) is 15.9. The predicted octanol–water partition coefficient (Wildman–Crippen LogP) is 0.589. The van der Waals surface area contributed by atoms with Crippen LogP contribution < -0.4 is 5.32 Å². The van der Waals surface area contributed by atoms with E-state index in [1.807, 2.05) is 6.92 Å². The summed E-state index contributed by atoms with van der Waals surface area (Å²) < 4.78 is 10.9. The lowest BCUT2D eigenvalue weighted by Crippen LogP contribution is -2.60. The molecule has 1 amide bonds. The van der Waals surface area contributed by atoms with E-state index >= 15 is 0 Å². The maximum atomic E-state index is 12.2. The Morgan fingerprint density at radius 1 is 0.968 bits per heavy atom. The third-order valence-electron chi connectivity index (χ3n) is 5.71. The van der Waals surface area contributed by atoms with Crippen molar-refractivity contribution in [1.29, 1.82) is 0 Å². The summed E-state index contributed by atoms with van der Waals surface area (Å²) in [5.74, 6) is -0.189. The second-order valence-electron chi connectivity index (χ2n) is 8.43. The summed E-state index contributed by atoms with van der Waals surface area (Å²) >= 11 is 0. The molecule has 9 heteroatoms. The largest absolute Gasteiger partial charge is 0.394 e. The maximum Gasteiger partial charge on any atom is 0.220 e. The van der Waals surface area contributed by atoms with Gasteiger partial charge in [0.1, 0.15) is 24.4 Å². The van der Waals surface area contributed by atoms with E-state index in [0.29, 0.717) is 12.8 Å². The molecule has 1 fully saturated rings. The zero-order valence-corrected chi connectivity index (χ0v) is 19.0. The summed E-state index contributed by atoms with van der Waals surface area (Å²) in [5.41, 5.74) is 0. The molecular formula is C22H43NO8. The Hall–Kier alpha value is -0.810. The van der Waals surface area contributed by atoms with Gasteiger partial charge in [-0.3, -0.25) is 4.79 Å². The van der Waals surface area contributed by atoms with E-state index in [-0.39, 0.29) is 12.5 Å². The molecule has 1 aliphatic rings. The van der Waals surface area contributed by atoms with Crippen LogP contribution in [0.25, 0.3) is 0 Å². The van der Waals surface area contributed by atoms with Gasteiger partial charge >= 0.3 is 0 Å². The normalized spacial score (nSPS) is 28.3. The highest BCUT2D eigenvalue weighted by Gasteiger charge is 2.44. The molecule has 7 atom stereocenters. The van der Waals surface area contributed by atoms with Gasteiger partial charge in [0, 0.05) is 6.42 Å². The highest BCUT2D eigenvalue weighted by molar-refractivity contribution is 5.76. The Balaban J connectivity index is 2.62.